The number of rotatable bonds is 5. The summed E-state index contributed by atoms with van der Waals surface area (Å²) in [6, 6.07) is 19.0. The van der Waals surface area contributed by atoms with Crippen LogP contribution in [0.5, 0.6) is 0 Å². The SMILES string of the molecule is O=C(NCc1ccco1)C1CC(c2ccccc2)CN(C(=O)c2ccc(F)cc2)C1. The minimum atomic E-state index is -0.387. The summed E-state index contributed by atoms with van der Waals surface area (Å²) in [5, 5.41) is 2.91. The van der Waals surface area contributed by atoms with E-state index in [0.29, 0.717) is 37.4 Å². The number of likely N-dealkylation sites (tertiary alicyclic amines) is 1. The zero-order chi connectivity index (χ0) is 20.9. The number of carbonyl (C=O) groups excluding carboxylic acids is 2. The zero-order valence-corrected chi connectivity index (χ0v) is 16.5. The van der Waals surface area contributed by atoms with Crippen LogP contribution in [0, 0.1) is 11.7 Å². The molecular weight excluding hydrogens is 383 g/mol. The van der Waals surface area contributed by atoms with Crippen molar-refractivity contribution in [1.82, 2.24) is 10.2 Å². The van der Waals surface area contributed by atoms with E-state index in [0.717, 1.165) is 5.56 Å². The molecule has 1 aromatic heterocycles. The Morgan fingerprint density at radius 1 is 1.00 bits per heavy atom. The lowest BCUT2D eigenvalue weighted by molar-refractivity contribution is -0.126. The second-order valence-electron chi connectivity index (χ2n) is 7.55. The third-order valence-electron chi connectivity index (χ3n) is 5.49. The van der Waals surface area contributed by atoms with Crippen molar-refractivity contribution in [3.63, 3.8) is 0 Å². The summed E-state index contributed by atoms with van der Waals surface area (Å²) < 4.78 is 18.5. The largest absolute Gasteiger partial charge is 0.467 e. The van der Waals surface area contributed by atoms with Crippen molar-refractivity contribution >= 4 is 11.8 Å². The third-order valence-corrected chi connectivity index (χ3v) is 5.49. The Bertz CT molecular complexity index is 987. The van der Waals surface area contributed by atoms with Crippen molar-refractivity contribution in [2.75, 3.05) is 13.1 Å². The van der Waals surface area contributed by atoms with E-state index in [1.165, 1.54) is 24.3 Å². The molecule has 4 rings (SSSR count). The van der Waals surface area contributed by atoms with Crippen LogP contribution in [0.1, 0.15) is 34.0 Å². The van der Waals surface area contributed by atoms with Crippen LogP contribution >= 0.6 is 0 Å². The topological polar surface area (TPSA) is 62.6 Å². The van der Waals surface area contributed by atoms with Crippen molar-refractivity contribution in [3.8, 4) is 0 Å². The Kier molecular flexibility index (Phi) is 5.93. The molecule has 154 valence electrons. The molecule has 6 heteroatoms. The molecule has 0 saturated carbocycles. The average Bonchev–Trinajstić information content (AvgIpc) is 3.31. The van der Waals surface area contributed by atoms with Gasteiger partial charge in [-0.15, -0.1) is 0 Å². The van der Waals surface area contributed by atoms with Crippen LogP contribution in [0.25, 0.3) is 0 Å². The van der Waals surface area contributed by atoms with Crippen LogP contribution in [0.4, 0.5) is 4.39 Å². The molecule has 1 fully saturated rings. The highest BCUT2D eigenvalue weighted by atomic mass is 19.1. The van der Waals surface area contributed by atoms with E-state index in [2.05, 4.69) is 5.32 Å². The first-order valence-electron chi connectivity index (χ1n) is 10.00. The van der Waals surface area contributed by atoms with E-state index < -0.39 is 0 Å². The first-order chi connectivity index (χ1) is 14.6. The summed E-state index contributed by atoms with van der Waals surface area (Å²) >= 11 is 0. The predicted octanol–water partition coefficient (Wildman–Crippen LogP) is 3.98. The van der Waals surface area contributed by atoms with E-state index >= 15 is 0 Å². The highest BCUT2D eigenvalue weighted by molar-refractivity contribution is 5.94. The van der Waals surface area contributed by atoms with Gasteiger partial charge in [-0.1, -0.05) is 30.3 Å². The van der Waals surface area contributed by atoms with Crippen LogP contribution in [0.3, 0.4) is 0 Å². The zero-order valence-electron chi connectivity index (χ0n) is 16.5. The summed E-state index contributed by atoms with van der Waals surface area (Å²) in [6.07, 6.45) is 2.22. The molecule has 0 spiro atoms. The fourth-order valence-electron chi connectivity index (χ4n) is 3.93. The van der Waals surface area contributed by atoms with Gasteiger partial charge in [0.05, 0.1) is 18.7 Å². The molecule has 1 N–H and O–H groups in total. The van der Waals surface area contributed by atoms with Gasteiger partial charge in [0.1, 0.15) is 11.6 Å². The number of hydrogen-bond acceptors (Lipinski definition) is 3. The summed E-state index contributed by atoms with van der Waals surface area (Å²) in [5.74, 6) is -0.309. The number of halogens is 1. The van der Waals surface area contributed by atoms with Crippen LogP contribution in [-0.4, -0.2) is 29.8 Å². The number of nitrogens with zero attached hydrogens (tertiary/aromatic N) is 1. The van der Waals surface area contributed by atoms with Crippen molar-refractivity contribution in [2.24, 2.45) is 5.92 Å². The van der Waals surface area contributed by atoms with E-state index in [4.69, 9.17) is 4.42 Å². The number of furan rings is 1. The molecule has 3 aromatic rings. The predicted molar refractivity (Wildman–Crippen MR) is 110 cm³/mol. The molecule has 0 bridgehead atoms. The summed E-state index contributed by atoms with van der Waals surface area (Å²) in [7, 11) is 0. The standard InChI is InChI=1S/C24H23FN2O3/c25-21-10-8-18(9-11-21)24(29)27-15-19(17-5-2-1-3-6-17)13-20(16-27)23(28)26-14-22-7-4-12-30-22/h1-12,19-20H,13-16H2,(H,26,28). The summed E-state index contributed by atoms with van der Waals surface area (Å²) in [6.45, 7) is 1.15. The molecule has 2 aromatic carbocycles. The van der Waals surface area contributed by atoms with Crippen molar-refractivity contribution in [2.45, 2.75) is 18.9 Å². The molecule has 5 nitrogen and oxygen atoms in total. The van der Waals surface area contributed by atoms with E-state index in [1.807, 2.05) is 30.3 Å². The Balaban J connectivity index is 1.52. The Morgan fingerprint density at radius 2 is 1.77 bits per heavy atom. The molecule has 0 radical (unpaired) electrons. The molecule has 0 aliphatic carbocycles. The number of hydrogen-bond donors (Lipinski definition) is 1. The maximum absolute atomic E-state index is 13.3. The number of carbonyl (C=O) groups is 2. The van der Waals surface area contributed by atoms with E-state index in [1.54, 1.807) is 23.3 Å². The van der Waals surface area contributed by atoms with Gasteiger partial charge in [-0.05, 0) is 48.4 Å². The average molecular weight is 406 g/mol. The van der Waals surface area contributed by atoms with Gasteiger partial charge < -0.3 is 14.6 Å². The summed E-state index contributed by atoms with van der Waals surface area (Å²) in [5.41, 5.74) is 1.51. The molecular formula is C24H23FN2O3. The maximum Gasteiger partial charge on any atom is 0.253 e. The fraction of sp³-hybridized carbons (Fsp3) is 0.250. The van der Waals surface area contributed by atoms with Gasteiger partial charge in [-0.2, -0.15) is 0 Å². The number of amides is 2. The lowest BCUT2D eigenvalue weighted by Gasteiger charge is -2.37. The number of benzene rings is 2. The molecule has 30 heavy (non-hydrogen) atoms. The fourth-order valence-corrected chi connectivity index (χ4v) is 3.93. The van der Waals surface area contributed by atoms with Gasteiger partial charge in [-0.3, -0.25) is 9.59 Å². The van der Waals surface area contributed by atoms with Crippen LogP contribution in [-0.2, 0) is 11.3 Å². The minimum absolute atomic E-state index is 0.0451. The lowest BCUT2D eigenvalue weighted by Crippen LogP contribution is -2.48. The molecule has 2 amide bonds. The van der Waals surface area contributed by atoms with Crippen LogP contribution < -0.4 is 5.32 Å². The van der Waals surface area contributed by atoms with E-state index in [9.17, 15) is 14.0 Å². The summed E-state index contributed by atoms with van der Waals surface area (Å²) in [4.78, 5) is 27.6. The Hall–Kier alpha value is -3.41. The third kappa shape index (κ3) is 4.59. The number of nitrogens with one attached hydrogen (secondary N) is 1. The first-order valence-corrected chi connectivity index (χ1v) is 10.00. The van der Waals surface area contributed by atoms with Crippen LogP contribution in [0.2, 0.25) is 0 Å². The van der Waals surface area contributed by atoms with Crippen molar-refractivity contribution < 1.29 is 18.4 Å². The monoisotopic (exact) mass is 406 g/mol. The van der Waals surface area contributed by atoms with Crippen molar-refractivity contribution in [3.05, 3.63) is 95.7 Å². The number of piperidine rings is 1. The molecule has 2 heterocycles. The smallest absolute Gasteiger partial charge is 0.253 e. The van der Waals surface area contributed by atoms with Gasteiger partial charge in [0, 0.05) is 24.6 Å². The highest BCUT2D eigenvalue weighted by Gasteiger charge is 2.34. The highest BCUT2D eigenvalue weighted by Crippen LogP contribution is 2.31. The molecule has 2 unspecified atom stereocenters. The molecule has 1 aliphatic rings. The second-order valence-corrected chi connectivity index (χ2v) is 7.55. The van der Waals surface area contributed by atoms with Gasteiger partial charge >= 0.3 is 0 Å². The maximum atomic E-state index is 13.3. The molecule has 2 atom stereocenters. The lowest BCUT2D eigenvalue weighted by atomic mass is 9.83. The second kappa shape index (κ2) is 8.95. The quantitative estimate of drug-likeness (QED) is 0.697. The van der Waals surface area contributed by atoms with Crippen LogP contribution in [0.15, 0.2) is 77.4 Å². The first kappa shape index (κ1) is 19.9. The van der Waals surface area contributed by atoms with Gasteiger partial charge in [0.25, 0.3) is 5.91 Å². The van der Waals surface area contributed by atoms with Gasteiger partial charge in [0.15, 0.2) is 0 Å². The van der Waals surface area contributed by atoms with Gasteiger partial charge in [0.2, 0.25) is 5.91 Å². The molecule has 1 aliphatic heterocycles. The Labute approximate surface area is 174 Å². The minimum Gasteiger partial charge on any atom is -0.467 e. The Morgan fingerprint density at radius 3 is 2.47 bits per heavy atom. The van der Waals surface area contributed by atoms with E-state index in [-0.39, 0.29) is 29.5 Å². The molecule has 1 saturated heterocycles. The normalized spacial score (nSPS) is 18.8. The van der Waals surface area contributed by atoms with Crippen molar-refractivity contribution in [1.29, 1.82) is 0 Å². The van der Waals surface area contributed by atoms with Gasteiger partial charge in [-0.25, -0.2) is 4.39 Å².